The Morgan fingerprint density at radius 1 is 1.07 bits per heavy atom. The predicted octanol–water partition coefficient (Wildman–Crippen LogP) is 2.79. The van der Waals surface area contributed by atoms with E-state index in [1.165, 1.54) is 0 Å². The van der Waals surface area contributed by atoms with Crippen LogP contribution in [0.4, 0.5) is 5.69 Å². The molecule has 3 heteroatoms. The number of hydrogen-bond acceptors (Lipinski definition) is 3. The maximum atomic E-state index is 4.64. The van der Waals surface area contributed by atoms with Crippen LogP contribution in [-0.4, -0.2) is 24.1 Å². The van der Waals surface area contributed by atoms with Gasteiger partial charge in [-0.2, -0.15) is 0 Å². The maximum Gasteiger partial charge on any atom is 0.131 e. The summed E-state index contributed by atoms with van der Waals surface area (Å²) in [4.78, 5) is 11.1. The summed E-state index contributed by atoms with van der Waals surface area (Å²) in [5.41, 5.74) is 2.26. The first-order valence-corrected chi connectivity index (χ1v) is 5.47. The predicted molar refractivity (Wildman–Crippen MR) is 64.5 cm³/mol. The first-order chi connectivity index (χ1) is 6.93. The lowest BCUT2D eigenvalue weighted by Crippen LogP contribution is -2.15. The largest absolute Gasteiger partial charge is 0.375 e. The first-order valence-electron chi connectivity index (χ1n) is 5.47. The van der Waals surface area contributed by atoms with Crippen molar-refractivity contribution in [3.63, 3.8) is 0 Å². The van der Waals surface area contributed by atoms with E-state index in [0.29, 0.717) is 11.8 Å². The van der Waals surface area contributed by atoms with Gasteiger partial charge in [0.1, 0.15) is 5.82 Å². The van der Waals surface area contributed by atoms with Gasteiger partial charge < -0.3 is 4.90 Å². The third kappa shape index (κ3) is 2.67. The van der Waals surface area contributed by atoms with E-state index in [1.807, 2.05) is 20.3 Å². The smallest absolute Gasteiger partial charge is 0.131 e. The summed E-state index contributed by atoms with van der Waals surface area (Å²) in [6, 6.07) is 0. The molecule has 0 bridgehead atoms. The second kappa shape index (κ2) is 4.60. The fourth-order valence-electron chi connectivity index (χ4n) is 1.45. The average Bonchev–Trinajstić information content (AvgIpc) is 2.16. The van der Waals surface area contributed by atoms with Crippen LogP contribution in [0.25, 0.3) is 0 Å². The number of rotatable bonds is 3. The van der Waals surface area contributed by atoms with Gasteiger partial charge in [0.2, 0.25) is 0 Å². The van der Waals surface area contributed by atoms with E-state index in [9.17, 15) is 0 Å². The molecule has 0 aliphatic rings. The summed E-state index contributed by atoms with van der Waals surface area (Å²) >= 11 is 0. The summed E-state index contributed by atoms with van der Waals surface area (Å²) in [7, 11) is 4.05. The standard InChI is InChI=1S/C12H21N3/c1-8(2)11-10(15(5)6)7-13-12(14-11)9(3)4/h7-9H,1-6H3. The fourth-order valence-corrected chi connectivity index (χ4v) is 1.45. The van der Waals surface area contributed by atoms with Gasteiger partial charge in [0.05, 0.1) is 17.6 Å². The molecule has 15 heavy (non-hydrogen) atoms. The van der Waals surface area contributed by atoms with Crippen LogP contribution < -0.4 is 4.90 Å². The van der Waals surface area contributed by atoms with Crippen LogP contribution in [0.15, 0.2) is 6.20 Å². The summed E-state index contributed by atoms with van der Waals surface area (Å²) < 4.78 is 0. The maximum absolute atomic E-state index is 4.64. The lowest BCUT2D eigenvalue weighted by Gasteiger charge is -2.19. The SMILES string of the molecule is CC(C)c1ncc(N(C)C)c(C(C)C)n1. The van der Waals surface area contributed by atoms with Gasteiger partial charge in [-0.3, -0.25) is 0 Å². The highest BCUT2D eigenvalue weighted by atomic mass is 15.1. The van der Waals surface area contributed by atoms with Crippen molar-refractivity contribution in [3.8, 4) is 0 Å². The lowest BCUT2D eigenvalue weighted by atomic mass is 10.1. The Morgan fingerprint density at radius 2 is 1.67 bits per heavy atom. The number of nitrogens with zero attached hydrogens (tertiary/aromatic N) is 3. The molecule has 0 saturated heterocycles. The van der Waals surface area contributed by atoms with Gasteiger partial charge in [0.25, 0.3) is 0 Å². The monoisotopic (exact) mass is 207 g/mol. The van der Waals surface area contributed by atoms with Gasteiger partial charge in [0, 0.05) is 20.0 Å². The van der Waals surface area contributed by atoms with Crippen molar-refractivity contribution in [2.24, 2.45) is 0 Å². The van der Waals surface area contributed by atoms with Crippen molar-refractivity contribution in [2.45, 2.75) is 39.5 Å². The number of aromatic nitrogens is 2. The third-order valence-corrected chi connectivity index (χ3v) is 2.36. The summed E-state index contributed by atoms with van der Waals surface area (Å²) in [5.74, 6) is 1.76. The normalized spacial score (nSPS) is 11.2. The van der Waals surface area contributed by atoms with Crippen LogP contribution in [0.2, 0.25) is 0 Å². The van der Waals surface area contributed by atoms with E-state index in [0.717, 1.165) is 17.2 Å². The molecule has 84 valence electrons. The molecule has 0 aliphatic heterocycles. The minimum atomic E-state index is 0.388. The molecule has 0 spiro atoms. The molecule has 0 unspecified atom stereocenters. The molecular formula is C12H21N3. The second-order valence-corrected chi connectivity index (χ2v) is 4.70. The van der Waals surface area contributed by atoms with Gasteiger partial charge in [0.15, 0.2) is 0 Å². The van der Waals surface area contributed by atoms with Crippen molar-refractivity contribution in [2.75, 3.05) is 19.0 Å². The summed E-state index contributed by atoms with van der Waals surface area (Å²) in [6.07, 6.45) is 1.93. The molecule has 0 N–H and O–H groups in total. The highest BCUT2D eigenvalue weighted by Gasteiger charge is 2.13. The lowest BCUT2D eigenvalue weighted by molar-refractivity contribution is 0.726. The molecule has 0 amide bonds. The molecule has 3 nitrogen and oxygen atoms in total. The van der Waals surface area contributed by atoms with E-state index in [4.69, 9.17) is 0 Å². The van der Waals surface area contributed by atoms with Crippen molar-refractivity contribution in [3.05, 3.63) is 17.7 Å². The van der Waals surface area contributed by atoms with E-state index in [-0.39, 0.29) is 0 Å². The van der Waals surface area contributed by atoms with Crippen molar-refractivity contribution >= 4 is 5.69 Å². The van der Waals surface area contributed by atoms with Gasteiger partial charge in [-0.15, -0.1) is 0 Å². The van der Waals surface area contributed by atoms with Crippen LogP contribution in [0.5, 0.6) is 0 Å². The zero-order valence-electron chi connectivity index (χ0n) is 10.6. The minimum absolute atomic E-state index is 0.388. The van der Waals surface area contributed by atoms with Gasteiger partial charge >= 0.3 is 0 Å². The highest BCUT2D eigenvalue weighted by Crippen LogP contribution is 2.24. The van der Waals surface area contributed by atoms with Crippen molar-refractivity contribution in [1.82, 2.24) is 9.97 Å². The molecule has 1 rings (SSSR count). The molecule has 0 fully saturated rings. The molecule has 1 heterocycles. The second-order valence-electron chi connectivity index (χ2n) is 4.70. The van der Waals surface area contributed by atoms with E-state index >= 15 is 0 Å². The Kier molecular flexibility index (Phi) is 3.66. The minimum Gasteiger partial charge on any atom is -0.375 e. The van der Waals surface area contributed by atoms with Crippen LogP contribution in [0, 0.1) is 0 Å². The molecule has 1 aromatic heterocycles. The summed E-state index contributed by atoms with van der Waals surface area (Å²) in [6.45, 7) is 8.57. The Bertz CT molecular complexity index is 330. The topological polar surface area (TPSA) is 29.0 Å². The highest BCUT2D eigenvalue weighted by molar-refractivity contribution is 5.48. The Labute approximate surface area is 92.6 Å². The third-order valence-electron chi connectivity index (χ3n) is 2.36. The van der Waals surface area contributed by atoms with Gasteiger partial charge in [-0.1, -0.05) is 27.7 Å². The fraction of sp³-hybridized carbons (Fsp3) is 0.667. The first kappa shape index (κ1) is 12.0. The zero-order chi connectivity index (χ0) is 11.6. The van der Waals surface area contributed by atoms with Gasteiger partial charge in [-0.25, -0.2) is 9.97 Å². The Morgan fingerprint density at radius 3 is 2.07 bits per heavy atom. The van der Waals surface area contributed by atoms with Crippen molar-refractivity contribution < 1.29 is 0 Å². The van der Waals surface area contributed by atoms with Crippen LogP contribution in [-0.2, 0) is 0 Å². The Hall–Kier alpha value is -1.12. The molecule has 0 radical (unpaired) electrons. The summed E-state index contributed by atoms with van der Waals surface area (Å²) in [5, 5.41) is 0. The van der Waals surface area contributed by atoms with Gasteiger partial charge in [-0.05, 0) is 5.92 Å². The molecule has 0 aliphatic carbocycles. The van der Waals surface area contributed by atoms with E-state index < -0.39 is 0 Å². The number of anilines is 1. The molecule has 0 saturated carbocycles. The zero-order valence-corrected chi connectivity index (χ0v) is 10.6. The number of hydrogen-bond donors (Lipinski definition) is 0. The molecular weight excluding hydrogens is 186 g/mol. The van der Waals surface area contributed by atoms with E-state index in [2.05, 4.69) is 42.6 Å². The molecule has 0 aromatic carbocycles. The van der Waals surface area contributed by atoms with Crippen LogP contribution in [0.3, 0.4) is 0 Å². The average molecular weight is 207 g/mol. The molecule has 0 atom stereocenters. The quantitative estimate of drug-likeness (QED) is 0.763. The van der Waals surface area contributed by atoms with Crippen molar-refractivity contribution in [1.29, 1.82) is 0 Å². The Balaban J connectivity index is 3.21. The van der Waals surface area contributed by atoms with Crippen LogP contribution in [0.1, 0.15) is 51.0 Å². The van der Waals surface area contributed by atoms with Crippen LogP contribution >= 0.6 is 0 Å². The molecule has 1 aromatic rings. The van der Waals surface area contributed by atoms with E-state index in [1.54, 1.807) is 0 Å².